The molecule has 1 aliphatic heterocycles. The van der Waals surface area contributed by atoms with Crippen LogP contribution in [0.2, 0.25) is 0 Å². The van der Waals surface area contributed by atoms with E-state index in [1.807, 2.05) is 43.3 Å². The topological polar surface area (TPSA) is 78.7 Å². The Bertz CT molecular complexity index is 1060. The average Bonchev–Trinajstić information content (AvgIpc) is 3.35. The summed E-state index contributed by atoms with van der Waals surface area (Å²) in [7, 11) is 3.59. The molecule has 4 rings (SSSR count). The molecule has 1 saturated heterocycles. The Labute approximate surface area is 179 Å². The highest BCUT2D eigenvalue weighted by atomic mass is 32.1. The molecular weight excluding hydrogens is 398 g/mol. The van der Waals surface area contributed by atoms with E-state index in [1.54, 1.807) is 34.2 Å². The van der Waals surface area contributed by atoms with Crippen LogP contribution in [0.1, 0.15) is 10.6 Å². The van der Waals surface area contributed by atoms with Crippen molar-refractivity contribution in [3.8, 4) is 10.6 Å². The molecule has 1 N–H and O–H groups in total. The van der Waals surface area contributed by atoms with E-state index in [0.29, 0.717) is 19.6 Å². The van der Waals surface area contributed by atoms with Crippen LogP contribution >= 0.6 is 11.3 Å². The van der Waals surface area contributed by atoms with Gasteiger partial charge in [0, 0.05) is 43.8 Å². The van der Waals surface area contributed by atoms with Crippen molar-refractivity contribution in [2.45, 2.75) is 13.5 Å². The predicted octanol–water partition coefficient (Wildman–Crippen LogP) is 2.28. The van der Waals surface area contributed by atoms with Gasteiger partial charge in [-0.2, -0.15) is 5.10 Å². The summed E-state index contributed by atoms with van der Waals surface area (Å²) < 4.78 is 1.70. The van der Waals surface area contributed by atoms with Crippen LogP contribution < -0.4 is 10.2 Å². The Morgan fingerprint density at radius 1 is 1.27 bits per heavy atom. The van der Waals surface area contributed by atoms with Crippen LogP contribution in [0, 0.1) is 6.92 Å². The number of hydrogen-bond donors (Lipinski definition) is 1. The van der Waals surface area contributed by atoms with Gasteiger partial charge in [0.2, 0.25) is 5.91 Å². The zero-order valence-corrected chi connectivity index (χ0v) is 18.2. The third-order valence-corrected chi connectivity index (χ3v) is 6.26. The Hall–Kier alpha value is -3.20. The molecule has 8 nitrogen and oxygen atoms in total. The lowest BCUT2D eigenvalue weighted by Crippen LogP contribution is -2.55. The summed E-state index contributed by atoms with van der Waals surface area (Å²) in [6.45, 7) is 4.24. The first-order chi connectivity index (χ1) is 14.5. The van der Waals surface area contributed by atoms with Crippen molar-refractivity contribution in [3.63, 3.8) is 0 Å². The quantitative estimate of drug-likeness (QED) is 0.515. The van der Waals surface area contributed by atoms with Crippen LogP contribution in [0.15, 0.2) is 47.7 Å². The lowest BCUT2D eigenvalue weighted by atomic mass is 10.2. The fourth-order valence-electron chi connectivity index (χ4n) is 3.46. The van der Waals surface area contributed by atoms with E-state index in [2.05, 4.69) is 27.5 Å². The molecule has 1 aliphatic rings. The summed E-state index contributed by atoms with van der Waals surface area (Å²) in [6, 6.07) is 10.2. The van der Waals surface area contributed by atoms with Crippen LogP contribution in [-0.2, 0) is 18.4 Å². The number of nitrogens with zero attached hydrogens (tertiary/aromatic N) is 6. The number of aliphatic imine (C=N–C) groups is 1. The first kappa shape index (κ1) is 20.1. The van der Waals surface area contributed by atoms with Gasteiger partial charge in [-0.15, -0.1) is 11.3 Å². The van der Waals surface area contributed by atoms with E-state index >= 15 is 0 Å². The number of piperazine rings is 1. The fourth-order valence-corrected chi connectivity index (χ4v) is 4.47. The van der Waals surface area contributed by atoms with E-state index in [1.165, 1.54) is 0 Å². The molecular formula is C21H25N7OS. The third kappa shape index (κ3) is 4.20. The van der Waals surface area contributed by atoms with Gasteiger partial charge in [0.1, 0.15) is 11.6 Å². The number of carbonyl (C=O) groups is 1. The molecule has 1 aromatic carbocycles. The predicted molar refractivity (Wildman–Crippen MR) is 120 cm³/mol. The van der Waals surface area contributed by atoms with Gasteiger partial charge in [-0.1, -0.05) is 30.3 Å². The molecule has 3 aromatic rings. The first-order valence-corrected chi connectivity index (χ1v) is 10.6. The maximum absolute atomic E-state index is 12.7. The van der Waals surface area contributed by atoms with Crippen LogP contribution in [0.4, 0.5) is 5.69 Å². The summed E-state index contributed by atoms with van der Waals surface area (Å²) in [5, 5.41) is 8.57. The van der Waals surface area contributed by atoms with E-state index in [4.69, 9.17) is 4.98 Å². The van der Waals surface area contributed by atoms with Crippen molar-refractivity contribution in [3.05, 3.63) is 53.3 Å². The van der Waals surface area contributed by atoms with Crippen molar-refractivity contribution >= 4 is 28.9 Å². The largest absolute Gasteiger partial charge is 0.351 e. The lowest BCUT2D eigenvalue weighted by molar-refractivity contribution is -0.120. The maximum Gasteiger partial charge on any atom is 0.246 e. The second-order valence-electron chi connectivity index (χ2n) is 7.13. The summed E-state index contributed by atoms with van der Waals surface area (Å²) in [5.41, 5.74) is 2.97. The summed E-state index contributed by atoms with van der Waals surface area (Å²) in [4.78, 5) is 26.7. The Morgan fingerprint density at radius 3 is 2.73 bits per heavy atom. The molecule has 0 radical (unpaired) electrons. The molecule has 3 heterocycles. The van der Waals surface area contributed by atoms with Gasteiger partial charge < -0.3 is 15.1 Å². The zero-order valence-electron chi connectivity index (χ0n) is 17.4. The van der Waals surface area contributed by atoms with Gasteiger partial charge in [0.15, 0.2) is 5.96 Å². The van der Waals surface area contributed by atoms with Gasteiger partial charge in [-0.3, -0.25) is 14.5 Å². The molecule has 1 amide bonds. The van der Waals surface area contributed by atoms with Gasteiger partial charge in [-0.05, 0) is 6.92 Å². The van der Waals surface area contributed by atoms with E-state index in [-0.39, 0.29) is 12.5 Å². The SMILES string of the molecule is CN=C(NCc1sc(-c2ccccc2)nc1C)N1CCN(c2cnn(C)c2)C(=O)C1. The average molecular weight is 424 g/mol. The number of aryl methyl sites for hydroxylation is 2. The second-order valence-corrected chi connectivity index (χ2v) is 8.22. The van der Waals surface area contributed by atoms with E-state index < -0.39 is 0 Å². The molecule has 2 aromatic heterocycles. The zero-order chi connectivity index (χ0) is 21.1. The van der Waals surface area contributed by atoms with Gasteiger partial charge in [-0.25, -0.2) is 4.98 Å². The minimum absolute atomic E-state index is 0.0394. The smallest absolute Gasteiger partial charge is 0.246 e. The van der Waals surface area contributed by atoms with Gasteiger partial charge in [0.25, 0.3) is 0 Å². The highest BCUT2D eigenvalue weighted by Gasteiger charge is 2.27. The summed E-state index contributed by atoms with van der Waals surface area (Å²) in [6.07, 6.45) is 3.58. The number of carbonyl (C=O) groups excluding carboxylic acids is 1. The molecule has 0 atom stereocenters. The molecule has 0 aliphatic carbocycles. The van der Waals surface area contributed by atoms with Crippen LogP contribution in [0.3, 0.4) is 0 Å². The third-order valence-electron chi connectivity index (χ3n) is 5.06. The Morgan fingerprint density at radius 2 is 2.07 bits per heavy atom. The highest BCUT2D eigenvalue weighted by Crippen LogP contribution is 2.27. The van der Waals surface area contributed by atoms with Crippen LogP contribution in [0.5, 0.6) is 0 Å². The monoisotopic (exact) mass is 423 g/mol. The molecule has 0 unspecified atom stereocenters. The number of aromatic nitrogens is 3. The second kappa shape index (κ2) is 8.66. The van der Waals surface area contributed by atoms with Crippen molar-refractivity contribution in [1.29, 1.82) is 0 Å². The van der Waals surface area contributed by atoms with E-state index in [0.717, 1.165) is 32.8 Å². The fraction of sp³-hybridized carbons (Fsp3) is 0.333. The first-order valence-electron chi connectivity index (χ1n) is 9.81. The number of guanidine groups is 1. The number of hydrogen-bond acceptors (Lipinski definition) is 5. The molecule has 30 heavy (non-hydrogen) atoms. The summed E-state index contributed by atoms with van der Waals surface area (Å²) in [5.74, 6) is 0.765. The molecule has 156 valence electrons. The summed E-state index contributed by atoms with van der Waals surface area (Å²) >= 11 is 1.68. The Kier molecular flexibility index (Phi) is 5.80. The van der Waals surface area contributed by atoms with Crippen LogP contribution in [-0.4, -0.2) is 58.2 Å². The molecule has 0 saturated carbocycles. The standard InChI is InChI=1S/C21H25N7OS/c1-15-18(30-20(25-15)16-7-5-4-6-8-16)12-23-21(22-2)27-9-10-28(19(29)14-27)17-11-24-26(3)13-17/h4-8,11,13H,9-10,12,14H2,1-3H3,(H,22,23). The van der Waals surface area contributed by atoms with Gasteiger partial charge >= 0.3 is 0 Å². The number of nitrogens with one attached hydrogen (secondary N) is 1. The lowest BCUT2D eigenvalue weighted by Gasteiger charge is -2.35. The molecule has 1 fully saturated rings. The van der Waals surface area contributed by atoms with Crippen molar-refractivity contribution in [1.82, 2.24) is 25.0 Å². The number of rotatable bonds is 4. The molecule has 0 bridgehead atoms. The molecule has 0 spiro atoms. The maximum atomic E-state index is 12.7. The van der Waals surface area contributed by atoms with Crippen LogP contribution in [0.25, 0.3) is 10.6 Å². The van der Waals surface area contributed by atoms with Crippen molar-refractivity contribution in [2.75, 3.05) is 31.6 Å². The van der Waals surface area contributed by atoms with Gasteiger partial charge in [0.05, 0.1) is 24.1 Å². The normalized spacial score (nSPS) is 15.0. The minimum Gasteiger partial charge on any atom is -0.351 e. The van der Waals surface area contributed by atoms with Crippen molar-refractivity contribution in [2.24, 2.45) is 12.0 Å². The Balaban J connectivity index is 1.39. The minimum atomic E-state index is 0.0394. The number of anilines is 1. The number of thiazole rings is 1. The number of benzene rings is 1. The van der Waals surface area contributed by atoms with Crippen molar-refractivity contribution < 1.29 is 4.79 Å². The highest BCUT2D eigenvalue weighted by molar-refractivity contribution is 7.15. The molecule has 9 heteroatoms. The van der Waals surface area contributed by atoms with E-state index in [9.17, 15) is 4.79 Å². The number of amides is 1.